The molecule has 0 heterocycles. The zero-order valence-corrected chi connectivity index (χ0v) is 14.7. The Labute approximate surface area is 140 Å². The van der Waals surface area contributed by atoms with Gasteiger partial charge in [0.25, 0.3) is 5.91 Å². The van der Waals surface area contributed by atoms with E-state index in [9.17, 15) is 4.79 Å². The summed E-state index contributed by atoms with van der Waals surface area (Å²) in [6, 6.07) is 8.05. The highest BCUT2D eigenvalue weighted by molar-refractivity contribution is 5.94. The summed E-state index contributed by atoms with van der Waals surface area (Å²) in [5.74, 6) is -0.0324. The van der Waals surface area contributed by atoms with Crippen LogP contribution in [0.4, 0.5) is 11.4 Å². The lowest BCUT2D eigenvalue weighted by atomic mass is 10.2. The van der Waals surface area contributed by atoms with Crippen LogP contribution < -0.4 is 10.2 Å². The Morgan fingerprint density at radius 2 is 1.78 bits per heavy atom. The van der Waals surface area contributed by atoms with E-state index in [2.05, 4.69) is 36.2 Å². The van der Waals surface area contributed by atoms with Gasteiger partial charge >= 0.3 is 0 Å². The number of nitrogens with one attached hydrogen (secondary N) is 1. The van der Waals surface area contributed by atoms with Crippen LogP contribution in [-0.2, 0) is 9.53 Å². The Balaban J connectivity index is 1.92. The van der Waals surface area contributed by atoms with Gasteiger partial charge in [0, 0.05) is 24.5 Å². The number of carbonyl (C=O) groups is 1. The van der Waals surface area contributed by atoms with Gasteiger partial charge in [0.05, 0.1) is 6.10 Å². The van der Waals surface area contributed by atoms with Gasteiger partial charge < -0.3 is 15.0 Å². The van der Waals surface area contributed by atoms with Gasteiger partial charge in [0.1, 0.15) is 6.10 Å². The van der Waals surface area contributed by atoms with Crippen LogP contribution in [0.15, 0.2) is 24.3 Å². The zero-order chi connectivity index (χ0) is 16.7. The van der Waals surface area contributed by atoms with Gasteiger partial charge in [-0.15, -0.1) is 0 Å². The molecule has 1 amide bonds. The average molecular weight is 318 g/mol. The molecule has 1 saturated carbocycles. The minimum Gasteiger partial charge on any atom is -0.372 e. The smallest absolute Gasteiger partial charge is 0.253 e. The van der Waals surface area contributed by atoms with E-state index in [1.54, 1.807) is 0 Å². The van der Waals surface area contributed by atoms with Gasteiger partial charge in [-0.05, 0) is 57.4 Å². The van der Waals surface area contributed by atoms with Gasteiger partial charge in [0.15, 0.2) is 0 Å². The molecule has 0 aromatic heterocycles. The van der Waals surface area contributed by atoms with Crippen LogP contribution in [0.1, 0.15) is 52.9 Å². The lowest BCUT2D eigenvalue weighted by Crippen LogP contribution is -2.32. The summed E-state index contributed by atoms with van der Waals surface area (Å²) in [5, 5.41) is 2.99. The molecule has 0 spiro atoms. The Hall–Kier alpha value is -1.55. The second-order valence-electron chi connectivity index (χ2n) is 6.15. The van der Waals surface area contributed by atoms with Crippen molar-refractivity contribution in [3.8, 4) is 0 Å². The van der Waals surface area contributed by atoms with Gasteiger partial charge in [-0.1, -0.05) is 19.8 Å². The molecule has 0 aliphatic heterocycles. The van der Waals surface area contributed by atoms with E-state index in [-0.39, 0.29) is 18.1 Å². The summed E-state index contributed by atoms with van der Waals surface area (Å²) in [6.45, 7) is 8.25. The van der Waals surface area contributed by atoms with Crippen molar-refractivity contribution in [1.29, 1.82) is 0 Å². The predicted octanol–water partition coefficient (Wildman–Crippen LogP) is 4.21. The number of amides is 1. The Kier molecular flexibility index (Phi) is 6.90. The molecule has 128 valence electrons. The summed E-state index contributed by atoms with van der Waals surface area (Å²) >= 11 is 0. The molecule has 4 heteroatoms. The molecule has 1 aromatic rings. The molecular weight excluding hydrogens is 288 g/mol. The molecule has 1 N–H and O–H groups in total. The van der Waals surface area contributed by atoms with Crippen LogP contribution in [0.3, 0.4) is 0 Å². The summed E-state index contributed by atoms with van der Waals surface area (Å²) in [6.07, 6.45) is 5.23. The largest absolute Gasteiger partial charge is 0.372 e. The molecular formula is C19H30N2O2. The molecule has 1 atom stereocenters. The van der Waals surface area contributed by atoms with Crippen molar-refractivity contribution in [2.24, 2.45) is 0 Å². The van der Waals surface area contributed by atoms with Gasteiger partial charge in [-0.3, -0.25) is 4.79 Å². The van der Waals surface area contributed by atoms with Crippen LogP contribution in [-0.4, -0.2) is 31.2 Å². The summed E-state index contributed by atoms with van der Waals surface area (Å²) < 4.78 is 5.97. The molecule has 1 aliphatic rings. The van der Waals surface area contributed by atoms with E-state index in [1.165, 1.54) is 18.5 Å². The van der Waals surface area contributed by atoms with Gasteiger partial charge in [0.2, 0.25) is 0 Å². The van der Waals surface area contributed by atoms with Crippen LogP contribution in [0.5, 0.6) is 0 Å². The number of anilines is 2. The first-order chi connectivity index (χ1) is 11.2. The SMILES string of the molecule is CCC(OC1CCCC1)C(=O)Nc1ccc(N(CC)CC)cc1. The van der Waals surface area contributed by atoms with Crippen molar-refractivity contribution in [2.45, 2.75) is 65.1 Å². The zero-order valence-electron chi connectivity index (χ0n) is 14.7. The first-order valence-electron chi connectivity index (χ1n) is 8.99. The number of ether oxygens (including phenoxy) is 1. The van der Waals surface area contributed by atoms with E-state index in [0.717, 1.165) is 31.6 Å². The standard InChI is InChI=1S/C19H30N2O2/c1-4-18(23-17-9-7-8-10-17)19(22)20-15-11-13-16(14-12-15)21(5-2)6-3/h11-14,17-18H,4-10H2,1-3H3,(H,20,22). The van der Waals surface area contributed by atoms with Crippen LogP contribution in [0, 0.1) is 0 Å². The van der Waals surface area contributed by atoms with Crippen molar-refractivity contribution in [1.82, 2.24) is 0 Å². The Morgan fingerprint density at radius 3 is 2.30 bits per heavy atom. The van der Waals surface area contributed by atoms with E-state index in [0.29, 0.717) is 6.42 Å². The highest BCUT2D eigenvalue weighted by Gasteiger charge is 2.24. The predicted molar refractivity (Wildman–Crippen MR) is 96.1 cm³/mol. The van der Waals surface area contributed by atoms with E-state index >= 15 is 0 Å². The topological polar surface area (TPSA) is 41.6 Å². The third-order valence-electron chi connectivity index (χ3n) is 4.59. The molecule has 23 heavy (non-hydrogen) atoms. The normalized spacial score (nSPS) is 16.3. The maximum absolute atomic E-state index is 12.4. The minimum atomic E-state index is -0.347. The van der Waals surface area contributed by atoms with Crippen LogP contribution in [0.2, 0.25) is 0 Å². The van der Waals surface area contributed by atoms with E-state index in [4.69, 9.17) is 4.74 Å². The minimum absolute atomic E-state index is 0.0324. The Morgan fingerprint density at radius 1 is 1.17 bits per heavy atom. The maximum atomic E-state index is 12.4. The van der Waals surface area contributed by atoms with E-state index < -0.39 is 0 Å². The molecule has 1 fully saturated rings. The van der Waals surface area contributed by atoms with Crippen molar-refractivity contribution >= 4 is 17.3 Å². The van der Waals surface area contributed by atoms with Crippen LogP contribution >= 0.6 is 0 Å². The summed E-state index contributed by atoms with van der Waals surface area (Å²) in [4.78, 5) is 14.7. The Bertz CT molecular complexity index is 477. The fourth-order valence-corrected chi connectivity index (χ4v) is 3.17. The monoisotopic (exact) mass is 318 g/mol. The number of hydrogen-bond acceptors (Lipinski definition) is 3. The number of nitrogens with zero attached hydrogens (tertiary/aromatic N) is 1. The number of rotatable bonds is 8. The van der Waals surface area contributed by atoms with Crippen molar-refractivity contribution in [3.05, 3.63) is 24.3 Å². The fraction of sp³-hybridized carbons (Fsp3) is 0.632. The third kappa shape index (κ3) is 4.96. The summed E-state index contributed by atoms with van der Waals surface area (Å²) in [5.41, 5.74) is 2.02. The molecule has 1 aliphatic carbocycles. The van der Waals surface area contributed by atoms with Crippen molar-refractivity contribution < 1.29 is 9.53 Å². The third-order valence-corrected chi connectivity index (χ3v) is 4.59. The maximum Gasteiger partial charge on any atom is 0.253 e. The lowest BCUT2D eigenvalue weighted by molar-refractivity contribution is -0.131. The molecule has 1 unspecified atom stereocenters. The van der Waals surface area contributed by atoms with Gasteiger partial charge in [-0.25, -0.2) is 0 Å². The highest BCUT2D eigenvalue weighted by atomic mass is 16.5. The molecule has 2 rings (SSSR count). The average Bonchev–Trinajstić information content (AvgIpc) is 3.08. The highest BCUT2D eigenvalue weighted by Crippen LogP contribution is 2.24. The first kappa shape index (κ1) is 17.8. The molecule has 0 saturated heterocycles. The van der Waals surface area contributed by atoms with Crippen LogP contribution in [0.25, 0.3) is 0 Å². The molecule has 0 radical (unpaired) electrons. The van der Waals surface area contributed by atoms with Crippen molar-refractivity contribution in [2.75, 3.05) is 23.3 Å². The van der Waals surface area contributed by atoms with E-state index in [1.807, 2.05) is 19.1 Å². The lowest BCUT2D eigenvalue weighted by Gasteiger charge is -2.22. The molecule has 1 aromatic carbocycles. The second kappa shape index (κ2) is 8.92. The number of hydrogen-bond donors (Lipinski definition) is 1. The first-order valence-corrected chi connectivity index (χ1v) is 8.99. The van der Waals surface area contributed by atoms with Gasteiger partial charge in [-0.2, -0.15) is 0 Å². The molecule has 0 bridgehead atoms. The number of benzene rings is 1. The summed E-state index contributed by atoms with van der Waals surface area (Å²) in [7, 11) is 0. The quantitative estimate of drug-likeness (QED) is 0.780. The van der Waals surface area contributed by atoms with Crippen molar-refractivity contribution in [3.63, 3.8) is 0 Å². The second-order valence-corrected chi connectivity index (χ2v) is 6.15. The molecule has 4 nitrogen and oxygen atoms in total. The number of carbonyl (C=O) groups excluding carboxylic acids is 1. The fourth-order valence-electron chi connectivity index (χ4n) is 3.17.